The molecule has 0 saturated heterocycles. The second kappa shape index (κ2) is 5.43. The maximum Gasteiger partial charge on any atom is 0.0846 e. The molecule has 0 bridgehead atoms. The number of rotatable bonds is 2. The Morgan fingerprint density at radius 2 is 1.71 bits per heavy atom. The molecule has 0 nitrogen and oxygen atoms in total. The van der Waals surface area contributed by atoms with Crippen LogP contribution in [-0.2, 0) is 0 Å². The van der Waals surface area contributed by atoms with Crippen LogP contribution in [0, 0.1) is 6.92 Å². The predicted molar refractivity (Wildman–Crippen MR) is 78.0 cm³/mol. The first-order valence-electron chi connectivity index (χ1n) is 5.23. The molecule has 0 radical (unpaired) electrons. The van der Waals surface area contributed by atoms with Gasteiger partial charge in [0, 0.05) is 9.50 Å². The van der Waals surface area contributed by atoms with E-state index in [0.717, 1.165) is 20.6 Å². The van der Waals surface area contributed by atoms with Gasteiger partial charge in [0.1, 0.15) is 0 Å². The zero-order chi connectivity index (χ0) is 12.4. The second-order valence-electron chi connectivity index (χ2n) is 3.94. The Bertz CT molecular complexity index is 520. The van der Waals surface area contributed by atoms with Crippen LogP contribution in [0.2, 0.25) is 5.02 Å². The lowest BCUT2D eigenvalue weighted by Crippen LogP contribution is -1.95. The Hall–Kier alpha value is -0.500. The van der Waals surface area contributed by atoms with E-state index in [4.69, 9.17) is 23.2 Å². The highest BCUT2D eigenvalue weighted by Gasteiger charge is 2.13. The Morgan fingerprint density at radius 3 is 2.35 bits per heavy atom. The van der Waals surface area contributed by atoms with Crippen molar-refractivity contribution in [3.63, 3.8) is 0 Å². The van der Waals surface area contributed by atoms with Gasteiger partial charge in [-0.1, -0.05) is 57.4 Å². The van der Waals surface area contributed by atoms with Crippen molar-refractivity contribution in [3.8, 4) is 0 Å². The van der Waals surface area contributed by atoms with E-state index in [-0.39, 0.29) is 5.38 Å². The molecule has 88 valence electrons. The van der Waals surface area contributed by atoms with E-state index in [2.05, 4.69) is 35.0 Å². The fraction of sp³-hybridized carbons (Fsp3) is 0.143. The minimum Gasteiger partial charge on any atom is -0.113 e. The molecule has 0 spiro atoms. The summed E-state index contributed by atoms with van der Waals surface area (Å²) in [4.78, 5) is 0. The molecular weight excluding hydrogens is 319 g/mol. The van der Waals surface area contributed by atoms with Gasteiger partial charge in [-0.3, -0.25) is 0 Å². The Kier molecular flexibility index (Phi) is 4.13. The van der Waals surface area contributed by atoms with Gasteiger partial charge in [-0.2, -0.15) is 0 Å². The molecule has 1 atom stereocenters. The summed E-state index contributed by atoms with van der Waals surface area (Å²) in [6.07, 6.45) is 0. The van der Waals surface area contributed by atoms with Crippen molar-refractivity contribution >= 4 is 39.1 Å². The van der Waals surface area contributed by atoms with E-state index < -0.39 is 0 Å². The maximum atomic E-state index is 6.49. The van der Waals surface area contributed by atoms with E-state index in [1.54, 1.807) is 0 Å². The fourth-order valence-electron chi connectivity index (χ4n) is 1.67. The summed E-state index contributed by atoms with van der Waals surface area (Å²) in [5, 5.41) is 0.558. The Balaban J connectivity index is 2.39. The summed E-state index contributed by atoms with van der Waals surface area (Å²) < 4.78 is 1.03. The van der Waals surface area contributed by atoms with Gasteiger partial charge < -0.3 is 0 Å². The molecule has 2 rings (SSSR count). The molecule has 0 fully saturated rings. The summed E-state index contributed by atoms with van der Waals surface area (Å²) in [6.45, 7) is 2.06. The maximum absolute atomic E-state index is 6.49. The molecule has 0 aliphatic heterocycles. The molecule has 0 heterocycles. The first kappa shape index (κ1) is 12.9. The van der Waals surface area contributed by atoms with Gasteiger partial charge in [0.05, 0.1) is 5.38 Å². The molecule has 0 N–H and O–H groups in total. The SMILES string of the molecule is Cc1ccc(Br)c(C(Cl)c2ccc(Cl)cc2)c1. The Labute approximate surface area is 120 Å². The van der Waals surface area contributed by atoms with Crippen LogP contribution in [0.15, 0.2) is 46.9 Å². The third-order valence-electron chi connectivity index (χ3n) is 2.59. The lowest BCUT2D eigenvalue weighted by molar-refractivity contribution is 1.12. The summed E-state index contributed by atoms with van der Waals surface area (Å²) in [5.74, 6) is 0. The van der Waals surface area contributed by atoms with Crippen LogP contribution in [0.1, 0.15) is 22.1 Å². The molecule has 2 aromatic carbocycles. The topological polar surface area (TPSA) is 0 Å². The van der Waals surface area contributed by atoms with Crippen LogP contribution >= 0.6 is 39.1 Å². The number of hydrogen-bond donors (Lipinski definition) is 0. The lowest BCUT2D eigenvalue weighted by atomic mass is 10.0. The summed E-state index contributed by atoms with van der Waals surface area (Å²) >= 11 is 15.9. The van der Waals surface area contributed by atoms with Gasteiger partial charge in [0.25, 0.3) is 0 Å². The number of alkyl halides is 1. The lowest BCUT2D eigenvalue weighted by Gasteiger charge is -2.13. The fourth-order valence-corrected chi connectivity index (χ4v) is 2.73. The monoisotopic (exact) mass is 328 g/mol. The van der Waals surface area contributed by atoms with Gasteiger partial charge in [-0.15, -0.1) is 11.6 Å². The highest BCUT2D eigenvalue weighted by atomic mass is 79.9. The summed E-state index contributed by atoms with van der Waals surface area (Å²) in [5.41, 5.74) is 3.32. The third-order valence-corrected chi connectivity index (χ3v) is 4.05. The van der Waals surface area contributed by atoms with Gasteiger partial charge in [-0.25, -0.2) is 0 Å². The number of halogens is 3. The largest absolute Gasteiger partial charge is 0.113 e. The van der Waals surface area contributed by atoms with Crippen LogP contribution < -0.4 is 0 Å². The molecule has 3 heteroatoms. The van der Waals surface area contributed by atoms with Crippen LogP contribution in [0.3, 0.4) is 0 Å². The minimum absolute atomic E-state index is 0.165. The highest BCUT2D eigenvalue weighted by molar-refractivity contribution is 9.10. The first-order chi connectivity index (χ1) is 8.08. The number of benzene rings is 2. The van der Waals surface area contributed by atoms with Crippen molar-refractivity contribution in [2.75, 3.05) is 0 Å². The molecular formula is C14H11BrCl2. The average Bonchev–Trinajstić information content (AvgIpc) is 2.32. The van der Waals surface area contributed by atoms with Crippen molar-refractivity contribution in [1.29, 1.82) is 0 Å². The van der Waals surface area contributed by atoms with Crippen molar-refractivity contribution in [2.24, 2.45) is 0 Å². The molecule has 0 aromatic heterocycles. The number of aryl methyl sites for hydroxylation is 1. The Morgan fingerprint density at radius 1 is 1.06 bits per heavy atom. The van der Waals surface area contributed by atoms with Gasteiger partial charge in [0.15, 0.2) is 0 Å². The quantitative estimate of drug-likeness (QED) is 0.616. The van der Waals surface area contributed by atoms with Crippen LogP contribution in [-0.4, -0.2) is 0 Å². The van der Waals surface area contributed by atoms with Crippen LogP contribution in [0.4, 0.5) is 0 Å². The van der Waals surface area contributed by atoms with Gasteiger partial charge in [-0.05, 0) is 36.2 Å². The van der Waals surface area contributed by atoms with Gasteiger partial charge >= 0.3 is 0 Å². The van der Waals surface area contributed by atoms with Crippen molar-refractivity contribution in [1.82, 2.24) is 0 Å². The van der Waals surface area contributed by atoms with E-state index >= 15 is 0 Å². The molecule has 0 aliphatic rings. The standard InChI is InChI=1S/C14H11BrCl2/c1-9-2-7-13(15)12(8-9)14(17)10-3-5-11(16)6-4-10/h2-8,14H,1H3. The summed E-state index contributed by atoms with van der Waals surface area (Å²) in [6, 6.07) is 13.8. The predicted octanol–water partition coefficient (Wildman–Crippen LogP) is 5.74. The molecule has 0 aliphatic carbocycles. The third kappa shape index (κ3) is 3.04. The zero-order valence-electron chi connectivity index (χ0n) is 9.25. The molecule has 0 amide bonds. The minimum atomic E-state index is -0.165. The smallest absolute Gasteiger partial charge is 0.0846 e. The first-order valence-corrected chi connectivity index (χ1v) is 6.84. The zero-order valence-corrected chi connectivity index (χ0v) is 12.4. The molecule has 2 aromatic rings. The van der Waals surface area contributed by atoms with Crippen molar-refractivity contribution < 1.29 is 0 Å². The summed E-state index contributed by atoms with van der Waals surface area (Å²) in [7, 11) is 0. The average molecular weight is 330 g/mol. The van der Waals surface area contributed by atoms with Crippen molar-refractivity contribution in [3.05, 3.63) is 68.7 Å². The second-order valence-corrected chi connectivity index (χ2v) is 5.67. The van der Waals surface area contributed by atoms with E-state index in [0.29, 0.717) is 0 Å². The normalized spacial score (nSPS) is 12.5. The highest BCUT2D eigenvalue weighted by Crippen LogP contribution is 2.34. The van der Waals surface area contributed by atoms with E-state index in [1.807, 2.05) is 30.3 Å². The molecule has 17 heavy (non-hydrogen) atoms. The van der Waals surface area contributed by atoms with E-state index in [1.165, 1.54) is 5.56 Å². The van der Waals surface area contributed by atoms with Crippen LogP contribution in [0.5, 0.6) is 0 Å². The molecule has 1 unspecified atom stereocenters. The van der Waals surface area contributed by atoms with Crippen LogP contribution in [0.25, 0.3) is 0 Å². The van der Waals surface area contributed by atoms with Crippen molar-refractivity contribution in [2.45, 2.75) is 12.3 Å². The van der Waals surface area contributed by atoms with E-state index in [9.17, 15) is 0 Å². The van der Waals surface area contributed by atoms with Gasteiger partial charge in [0.2, 0.25) is 0 Å². The number of hydrogen-bond acceptors (Lipinski definition) is 0. The molecule has 0 saturated carbocycles.